The lowest BCUT2D eigenvalue weighted by molar-refractivity contribution is -0.118. The third-order valence-electron chi connectivity index (χ3n) is 5.23. The number of nitrogens with zero attached hydrogens (tertiary/aromatic N) is 2. The zero-order chi connectivity index (χ0) is 21.7. The van der Waals surface area contributed by atoms with Gasteiger partial charge in [-0.05, 0) is 69.5 Å². The summed E-state index contributed by atoms with van der Waals surface area (Å²) in [7, 11) is 0. The lowest BCUT2D eigenvalue weighted by atomic mass is 10.1. The van der Waals surface area contributed by atoms with Gasteiger partial charge in [-0.2, -0.15) is 5.10 Å². The summed E-state index contributed by atoms with van der Waals surface area (Å²) in [6.45, 7) is 10.5. The summed E-state index contributed by atoms with van der Waals surface area (Å²) in [6, 6.07) is 17.0. The lowest BCUT2D eigenvalue weighted by Crippen LogP contribution is -2.19. The van der Waals surface area contributed by atoms with E-state index >= 15 is 0 Å². The number of aryl methyl sites for hydroxylation is 4. The number of carbonyl (C=O) groups is 1. The van der Waals surface area contributed by atoms with Crippen LogP contribution in [-0.2, 0) is 10.5 Å². The van der Waals surface area contributed by atoms with E-state index in [-0.39, 0.29) is 5.91 Å². The molecule has 5 heteroatoms. The van der Waals surface area contributed by atoms with E-state index in [9.17, 15) is 4.79 Å². The molecule has 0 aliphatic heterocycles. The fraction of sp³-hybridized carbons (Fsp3) is 0.280. The Morgan fingerprint density at radius 1 is 1.00 bits per heavy atom. The van der Waals surface area contributed by atoms with E-state index in [1.807, 2.05) is 0 Å². The minimum absolute atomic E-state index is 0.0914. The highest BCUT2D eigenvalue weighted by Gasteiger charge is 2.10. The molecule has 1 amide bonds. The summed E-state index contributed by atoms with van der Waals surface area (Å²) < 4.78 is 2.22. The van der Waals surface area contributed by atoms with Crippen LogP contribution in [0, 0.1) is 34.6 Å². The predicted octanol–water partition coefficient (Wildman–Crippen LogP) is 5.40. The molecule has 0 radical (unpaired) electrons. The zero-order valence-electron chi connectivity index (χ0n) is 18.3. The summed E-state index contributed by atoms with van der Waals surface area (Å²) in [5.41, 5.74) is 12.0. The smallest absolute Gasteiger partial charge is 0.250 e. The van der Waals surface area contributed by atoms with Crippen molar-refractivity contribution in [2.75, 3.05) is 5.75 Å². The number of hydrazone groups is 1. The molecule has 0 spiro atoms. The number of amides is 1. The van der Waals surface area contributed by atoms with E-state index in [1.54, 1.807) is 18.0 Å². The van der Waals surface area contributed by atoms with Crippen molar-refractivity contribution in [1.82, 2.24) is 9.99 Å². The third kappa shape index (κ3) is 5.42. The monoisotopic (exact) mass is 419 g/mol. The summed E-state index contributed by atoms with van der Waals surface area (Å²) in [6.07, 6.45) is 1.72. The molecular formula is C25H29N3OS. The average molecular weight is 420 g/mol. The second kappa shape index (κ2) is 9.81. The molecule has 156 valence electrons. The van der Waals surface area contributed by atoms with Gasteiger partial charge in [0.15, 0.2) is 0 Å². The second-order valence-corrected chi connectivity index (χ2v) is 8.69. The van der Waals surface area contributed by atoms with Gasteiger partial charge in [-0.3, -0.25) is 4.79 Å². The highest BCUT2D eigenvalue weighted by molar-refractivity contribution is 7.99. The van der Waals surface area contributed by atoms with E-state index in [2.05, 4.69) is 98.2 Å². The van der Waals surface area contributed by atoms with Crippen LogP contribution in [0.4, 0.5) is 0 Å². The normalized spacial score (nSPS) is 11.2. The van der Waals surface area contributed by atoms with Crippen molar-refractivity contribution in [2.45, 2.75) is 40.4 Å². The highest BCUT2D eigenvalue weighted by Crippen LogP contribution is 2.22. The van der Waals surface area contributed by atoms with Crippen molar-refractivity contribution in [2.24, 2.45) is 5.10 Å². The molecule has 0 bridgehead atoms. The molecule has 3 aromatic rings. The van der Waals surface area contributed by atoms with Gasteiger partial charge >= 0.3 is 0 Å². The fourth-order valence-electron chi connectivity index (χ4n) is 3.33. The van der Waals surface area contributed by atoms with Gasteiger partial charge in [0.25, 0.3) is 0 Å². The number of nitrogens with one attached hydrogen (secondary N) is 1. The van der Waals surface area contributed by atoms with Gasteiger partial charge in [0.05, 0.1) is 12.0 Å². The molecule has 4 nitrogen and oxygen atoms in total. The zero-order valence-corrected chi connectivity index (χ0v) is 19.1. The molecule has 1 heterocycles. The number of benzene rings is 2. The number of carbonyl (C=O) groups excluding carboxylic acids is 1. The van der Waals surface area contributed by atoms with Crippen molar-refractivity contribution in [3.63, 3.8) is 0 Å². The molecule has 0 unspecified atom stereocenters. The highest BCUT2D eigenvalue weighted by atomic mass is 32.2. The number of hydrogen-bond acceptors (Lipinski definition) is 3. The first kappa shape index (κ1) is 21.9. The van der Waals surface area contributed by atoms with Crippen LogP contribution in [0.2, 0.25) is 0 Å². The second-order valence-electron chi connectivity index (χ2n) is 7.70. The Morgan fingerprint density at radius 2 is 1.73 bits per heavy atom. The number of thioether (sulfide) groups is 1. The van der Waals surface area contributed by atoms with E-state index in [1.165, 1.54) is 22.3 Å². The molecule has 1 N–H and O–H groups in total. The quantitative estimate of drug-likeness (QED) is 0.411. The molecule has 0 aliphatic carbocycles. The van der Waals surface area contributed by atoms with Crippen LogP contribution in [0.1, 0.15) is 39.2 Å². The molecule has 1 aromatic heterocycles. The van der Waals surface area contributed by atoms with Gasteiger partial charge in [0, 0.05) is 28.4 Å². The predicted molar refractivity (Wildman–Crippen MR) is 128 cm³/mol. The van der Waals surface area contributed by atoms with Crippen molar-refractivity contribution in [3.8, 4) is 5.69 Å². The Morgan fingerprint density at radius 3 is 2.43 bits per heavy atom. The average Bonchev–Trinajstić information content (AvgIpc) is 2.99. The SMILES string of the molecule is Cc1ccc(CSCC(=O)N/N=C\c2cc(C)n(-c3ccc(C)c(C)c3)c2C)cc1. The molecule has 0 saturated carbocycles. The van der Waals surface area contributed by atoms with Crippen LogP contribution in [0.3, 0.4) is 0 Å². The van der Waals surface area contributed by atoms with Crippen LogP contribution in [0.15, 0.2) is 53.6 Å². The number of rotatable bonds is 7. The third-order valence-corrected chi connectivity index (χ3v) is 6.24. The molecule has 0 atom stereocenters. The van der Waals surface area contributed by atoms with Crippen LogP contribution >= 0.6 is 11.8 Å². The number of aromatic nitrogens is 1. The first-order valence-electron chi connectivity index (χ1n) is 10.1. The Kier molecular flexibility index (Phi) is 7.16. The van der Waals surface area contributed by atoms with Crippen LogP contribution in [0.5, 0.6) is 0 Å². The minimum Gasteiger partial charge on any atom is -0.318 e. The van der Waals surface area contributed by atoms with Crippen LogP contribution in [-0.4, -0.2) is 22.4 Å². The molecule has 3 rings (SSSR count). The summed E-state index contributed by atoms with van der Waals surface area (Å²) in [5, 5.41) is 4.17. The molecule has 2 aromatic carbocycles. The van der Waals surface area contributed by atoms with Crippen LogP contribution in [0.25, 0.3) is 5.69 Å². The van der Waals surface area contributed by atoms with Gasteiger partial charge in [-0.15, -0.1) is 11.8 Å². The van der Waals surface area contributed by atoms with Crippen molar-refractivity contribution >= 4 is 23.9 Å². The van der Waals surface area contributed by atoms with Gasteiger partial charge in [0.1, 0.15) is 0 Å². The molecule has 0 aliphatic rings. The van der Waals surface area contributed by atoms with Gasteiger partial charge < -0.3 is 4.57 Å². The standard InChI is InChI=1S/C25H29N3OS/c1-17-6-9-22(10-7-17)15-30-16-25(29)27-26-14-23-13-20(4)28(21(23)5)24-11-8-18(2)19(3)12-24/h6-14H,15-16H2,1-5H3,(H,27,29)/b26-14-. The number of hydrogen-bond donors (Lipinski definition) is 1. The van der Waals surface area contributed by atoms with E-state index in [0.717, 1.165) is 28.4 Å². The first-order chi connectivity index (χ1) is 14.3. The summed E-state index contributed by atoms with van der Waals surface area (Å²) >= 11 is 1.59. The lowest BCUT2D eigenvalue weighted by Gasteiger charge is -2.11. The topological polar surface area (TPSA) is 46.4 Å². The van der Waals surface area contributed by atoms with Crippen molar-refractivity contribution < 1.29 is 4.79 Å². The Labute approximate surface area is 183 Å². The molecular weight excluding hydrogens is 390 g/mol. The maximum atomic E-state index is 12.1. The molecule has 0 saturated heterocycles. The molecule has 0 fully saturated rings. The fourth-order valence-corrected chi connectivity index (χ4v) is 4.11. The Balaban J connectivity index is 1.57. The summed E-state index contributed by atoms with van der Waals surface area (Å²) in [5.74, 6) is 1.10. The maximum Gasteiger partial charge on any atom is 0.250 e. The van der Waals surface area contributed by atoms with Crippen molar-refractivity contribution in [1.29, 1.82) is 0 Å². The van der Waals surface area contributed by atoms with Crippen LogP contribution < -0.4 is 5.43 Å². The largest absolute Gasteiger partial charge is 0.318 e. The van der Waals surface area contributed by atoms with E-state index < -0.39 is 0 Å². The van der Waals surface area contributed by atoms with Gasteiger partial charge in [-0.25, -0.2) is 5.43 Å². The molecule has 30 heavy (non-hydrogen) atoms. The first-order valence-corrected chi connectivity index (χ1v) is 11.2. The van der Waals surface area contributed by atoms with Gasteiger partial charge in [0.2, 0.25) is 5.91 Å². The van der Waals surface area contributed by atoms with E-state index in [0.29, 0.717) is 5.75 Å². The Bertz CT molecular complexity index is 1060. The minimum atomic E-state index is -0.0914. The van der Waals surface area contributed by atoms with E-state index in [4.69, 9.17) is 0 Å². The summed E-state index contributed by atoms with van der Waals surface area (Å²) in [4.78, 5) is 12.1. The van der Waals surface area contributed by atoms with Crippen molar-refractivity contribution in [3.05, 3.63) is 87.7 Å². The maximum absolute atomic E-state index is 12.1. The Hall–Kier alpha value is -2.79. The van der Waals surface area contributed by atoms with Gasteiger partial charge in [-0.1, -0.05) is 35.9 Å².